The highest BCUT2D eigenvalue weighted by Gasteiger charge is 2.21. The number of aromatic nitrogens is 1. The number of nitrogens with zero attached hydrogens (tertiary/aromatic N) is 4. The highest BCUT2D eigenvalue weighted by molar-refractivity contribution is 5.64. The Kier molecular flexibility index (Phi) is 3.37. The summed E-state index contributed by atoms with van der Waals surface area (Å²) in [5.74, 6) is 1.10. The fourth-order valence-corrected chi connectivity index (χ4v) is 3.48. The average molecular weight is 294 g/mol. The van der Waals surface area contributed by atoms with Gasteiger partial charge in [0.25, 0.3) is 0 Å². The molecule has 4 heteroatoms. The van der Waals surface area contributed by atoms with E-state index in [-0.39, 0.29) is 0 Å². The Morgan fingerprint density at radius 1 is 0.909 bits per heavy atom. The minimum absolute atomic E-state index is 1.04. The van der Waals surface area contributed by atoms with Gasteiger partial charge in [0.05, 0.1) is 0 Å². The van der Waals surface area contributed by atoms with Crippen LogP contribution >= 0.6 is 0 Å². The third-order valence-corrected chi connectivity index (χ3v) is 4.81. The zero-order valence-electron chi connectivity index (χ0n) is 13.1. The molecule has 0 unspecified atom stereocenters. The largest absolute Gasteiger partial charge is 0.374 e. The zero-order chi connectivity index (χ0) is 14.9. The van der Waals surface area contributed by atoms with E-state index in [2.05, 4.69) is 57.1 Å². The molecule has 0 amide bonds. The molecule has 1 aromatic heterocycles. The summed E-state index contributed by atoms with van der Waals surface area (Å²) in [6, 6.07) is 13.1. The first-order valence-electron chi connectivity index (χ1n) is 8.06. The average Bonchev–Trinajstić information content (AvgIpc) is 2.96. The van der Waals surface area contributed by atoms with Crippen LogP contribution in [0.1, 0.15) is 5.56 Å². The minimum Gasteiger partial charge on any atom is -0.374 e. The van der Waals surface area contributed by atoms with Crippen molar-refractivity contribution in [1.82, 2.24) is 4.98 Å². The Bertz CT molecular complexity index is 647. The van der Waals surface area contributed by atoms with E-state index in [1.807, 2.05) is 12.3 Å². The van der Waals surface area contributed by atoms with Crippen LogP contribution in [0.25, 0.3) is 0 Å². The van der Waals surface area contributed by atoms with Crippen molar-refractivity contribution in [1.29, 1.82) is 0 Å². The molecule has 0 spiro atoms. The molecule has 0 atom stereocenters. The van der Waals surface area contributed by atoms with Crippen molar-refractivity contribution in [3.63, 3.8) is 0 Å². The molecule has 0 radical (unpaired) electrons. The fourth-order valence-electron chi connectivity index (χ4n) is 3.48. The summed E-state index contributed by atoms with van der Waals surface area (Å²) in [4.78, 5) is 11.7. The number of likely N-dealkylation sites (N-methyl/N-ethyl adjacent to an activating group) is 1. The van der Waals surface area contributed by atoms with E-state index in [9.17, 15) is 0 Å². The van der Waals surface area contributed by atoms with Gasteiger partial charge in [-0.1, -0.05) is 6.07 Å². The van der Waals surface area contributed by atoms with E-state index in [0.29, 0.717) is 0 Å². The van der Waals surface area contributed by atoms with Gasteiger partial charge in [-0.15, -0.1) is 0 Å². The van der Waals surface area contributed by atoms with Crippen LogP contribution < -0.4 is 14.7 Å². The van der Waals surface area contributed by atoms with Crippen LogP contribution in [0.2, 0.25) is 0 Å². The van der Waals surface area contributed by atoms with Gasteiger partial charge in [0.1, 0.15) is 5.82 Å². The number of fused-ring (bicyclic) bond motifs is 1. The summed E-state index contributed by atoms with van der Waals surface area (Å²) >= 11 is 0. The Morgan fingerprint density at radius 3 is 2.50 bits per heavy atom. The van der Waals surface area contributed by atoms with E-state index < -0.39 is 0 Å². The lowest BCUT2D eigenvalue weighted by molar-refractivity contribution is 0.647. The second-order valence-corrected chi connectivity index (χ2v) is 6.15. The smallest absolute Gasteiger partial charge is 0.128 e. The van der Waals surface area contributed by atoms with Crippen LogP contribution in [-0.4, -0.2) is 44.8 Å². The lowest BCUT2D eigenvalue weighted by Crippen LogP contribution is -2.46. The third-order valence-electron chi connectivity index (χ3n) is 4.81. The van der Waals surface area contributed by atoms with Gasteiger partial charge in [0.2, 0.25) is 0 Å². The molecule has 0 aliphatic carbocycles. The number of piperazine rings is 1. The number of hydrogen-bond donors (Lipinski definition) is 0. The molecule has 1 saturated heterocycles. The van der Waals surface area contributed by atoms with Crippen LogP contribution in [0.3, 0.4) is 0 Å². The van der Waals surface area contributed by atoms with Crippen LogP contribution in [-0.2, 0) is 6.42 Å². The lowest BCUT2D eigenvalue weighted by atomic mass is 10.1. The van der Waals surface area contributed by atoms with Crippen LogP contribution in [0, 0.1) is 0 Å². The number of anilines is 3. The number of pyridine rings is 1. The molecule has 4 rings (SSSR count). The molecule has 4 nitrogen and oxygen atoms in total. The zero-order valence-corrected chi connectivity index (χ0v) is 13.1. The van der Waals surface area contributed by atoms with Crippen molar-refractivity contribution >= 4 is 17.2 Å². The van der Waals surface area contributed by atoms with Crippen molar-refractivity contribution in [3.05, 3.63) is 48.2 Å². The normalized spacial score (nSPS) is 17.8. The first-order valence-corrected chi connectivity index (χ1v) is 8.06. The van der Waals surface area contributed by atoms with E-state index >= 15 is 0 Å². The second kappa shape index (κ2) is 5.52. The van der Waals surface area contributed by atoms with Crippen LogP contribution in [0.5, 0.6) is 0 Å². The molecule has 2 aliphatic heterocycles. The predicted octanol–water partition coefficient (Wildman–Crippen LogP) is 2.40. The number of benzene rings is 1. The lowest BCUT2D eigenvalue weighted by Gasteiger charge is -2.37. The SMILES string of the molecule is CN1CCc2cc(N3CCN(c4ccccn4)CC3)ccc21. The molecule has 1 aromatic carbocycles. The highest BCUT2D eigenvalue weighted by atomic mass is 15.3. The van der Waals surface area contributed by atoms with Gasteiger partial charge in [-0.2, -0.15) is 0 Å². The first-order chi connectivity index (χ1) is 10.8. The summed E-state index contributed by atoms with van der Waals surface area (Å²) in [6.07, 6.45) is 3.05. The molecule has 1 fully saturated rings. The summed E-state index contributed by atoms with van der Waals surface area (Å²) in [7, 11) is 2.18. The predicted molar refractivity (Wildman–Crippen MR) is 92.1 cm³/mol. The Morgan fingerprint density at radius 2 is 1.73 bits per heavy atom. The van der Waals surface area contributed by atoms with Crippen molar-refractivity contribution in [3.8, 4) is 0 Å². The van der Waals surface area contributed by atoms with Crippen molar-refractivity contribution in [2.24, 2.45) is 0 Å². The quantitative estimate of drug-likeness (QED) is 0.848. The topological polar surface area (TPSA) is 22.6 Å². The number of hydrogen-bond acceptors (Lipinski definition) is 4. The molecule has 3 heterocycles. The summed E-state index contributed by atoms with van der Waals surface area (Å²) in [5, 5.41) is 0. The van der Waals surface area contributed by atoms with Gasteiger partial charge in [-0.05, 0) is 42.3 Å². The van der Waals surface area contributed by atoms with Gasteiger partial charge < -0.3 is 14.7 Å². The molecular formula is C18H22N4. The summed E-state index contributed by atoms with van der Waals surface area (Å²) < 4.78 is 0. The third kappa shape index (κ3) is 2.39. The Labute approximate surface area is 132 Å². The number of rotatable bonds is 2. The molecule has 22 heavy (non-hydrogen) atoms. The van der Waals surface area contributed by atoms with E-state index in [1.165, 1.54) is 23.4 Å². The maximum absolute atomic E-state index is 4.46. The molecular weight excluding hydrogens is 272 g/mol. The van der Waals surface area contributed by atoms with Gasteiger partial charge in [0, 0.05) is 57.3 Å². The van der Waals surface area contributed by atoms with Crippen molar-refractivity contribution in [2.75, 3.05) is 54.5 Å². The van der Waals surface area contributed by atoms with Gasteiger partial charge in [-0.3, -0.25) is 0 Å². The van der Waals surface area contributed by atoms with Gasteiger partial charge in [-0.25, -0.2) is 4.98 Å². The van der Waals surface area contributed by atoms with E-state index in [4.69, 9.17) is 0 Å². The van der Waals surface area contributed by atoms with Crippen molar-refractivity contribution < 1.29 is 0 Å². The maximum Gasteiger partial charge on any atom is 0.128 e. The molecule has 0 saturated carbocycles. The van der Waals surface area contributed by atoms with E-state index in [1.54, 1.807) is 0 Å². The highest BCUT2D eigenvalue weighted by Crippen LogP contribution is 2.31. The summed E-state index contributed by atoms with van der Waals surface area (Å²) in [5.41, 5.74) is 4.26. The van der Waals surface area contributed by atoms with Gasteiger partial charge >= 0.3 is 0 Å². The molecule has 2 aromatic rings. The van der Waals surface area contributed by atoms with Crippen molar-refractivity contribution in [2.45, 2.75) is 6.42 Å². The van der Waals surface area contributed by atoms with Crippen LogP contribution in [0.15, 0.2) is 42.6 Å². The Balaban J connectivity index is 1.46. The van der Waals surface area contributed by atoms with Gasteiger partial charge in [0.15, 0.2) is 0 Å². The monoisotopic (exact) mass is 294 g/mol. The molecule has 2 aliphatic rings. The minimum atomic E-state index is 1.04. The molecule has 0 N–H and O–H groups in total. The fraction of sp³-hybridized carbons (Fsp3) is 0.389. The Hall–Kier alpha value is -2.23. The summed E-state index contributed by atoms with van der Waals surface area (Å²) in [6.45, 7) is 5.34. The van der Waals surface area contributed by atoms with E-state index in [0.717, 1.165) is 38.5 Å². The first kappa shape index (κ1) is 13.4. The maximum atomic E-state index is 4.46. The second-order valence-electron chi connectivity index (χ2n) is 6.15. The molecule has 0 bridgehead atoms. The standard InChI is InChI=1S/C18H22N4/c1-20-9-7-15-14-16(5-6-17(15)20)21-10-12-22(13-11-21)18-4-2-3-8-19-18/h2-6,8,14H,7,9-13H2,1H3. The van der Waals surface area contributed by atoms with Crippen LogP contribution in [0.4, 0.5) is 17.2 Å². The molecule has 114 valence electrons.